The van der Waals surface area contributed by atoms with Gasteiger partial charge in [-0.15, -0.1) is 0 Å². The molecule has 0 saturated carbocycles. The van der Waals surface area contributed by atoms with Crippen LogP contribution in [0, 0.1) is 11.3 Å². The molecule has 0 amide bonds. The molecule has 0 heterocycles. The van der Waals surface area contributed by atoms with Crippen molar-refractivity contribution in [2.45, 2.75) is 39.1 Å². The summed E-state index contributed by atoms with van der Waals surface area (Å²) in [5.74, 6) is 0. The number of nitrogens with zero attached hydrogens (tertiary/aromatic N) is 1. The Morgan fingerprint density at radius 1 is 1.50 bits per heavy atom. The zero-order valence-electron chi connectivity index (χ0n) is 11.9. The number of rotatable bonds is 6. The van der Waals surface area contributed by atoms with Crippen LogP contribution in [0.25, 0.3) is 0 Å². The van der Waals surface area contributed by atoms with Crippen molar-refractivity contribution in [3.05, 3.63) is 28.3 Å². The molecule has 20 heavy (non-hydrogen) atoms. The van der Waals surface area contributed by atoms with Gasteiger partial charge in [-0.2, -0.15) is 5.26 Å². The number of nitriles is 1. The highest BCUT2D eigenvalue weighted by Gasteiger charge is 2.22. The van der Waals surface area contributed by atoms with Gasteiger partial charge in [-0.25, -0.2) is 0 Å². The third kappa shape index (κ3) is 4.09. The molecule has 0 radical (unpaired) electrons. The van der Waals surface area contributed by atoms with Crippen LogP contribution < -0.4 is 11.1 Å². The van der Waals surface area contributed by atoms with E-state index in [0.717, 1.165) is 5.56 Å². The van der Waals surface area contributed by atoms with Crippen molar-refractivity contribution >= 4 is 17.3 Å². The predicted molar refractivity (Wildman–Crippen MR) is 79.2 cm³/mol. The van der Waals surface area contributed by atoms with Gasteiger partial charge >= 0.3 is 0 Å². The van der Waals surface area contributed by atoms with Gasteiger partial charge in [0.15, 0.2) is 0 Å². The van der Waals surface area contributed by atoms with Crippen molar-refractivity contribution < 1.29 is 9.84 Å². The van der Waals surface area contributed by atoms with Gasteiger partial charge in [0.05, 0.1) is 28.4 Å². The fourth-order valence-corrected chi connectivity index (χ4v) is 2.26. The Bertz CT molecular complexity index is 500. The van der Waals surface area contributed by atoms with Crippen LogP contribution in [0.4, 0.5) is 5.69 Å². The van der Waals surface area contributed by atoms with Crippen LogP contribution in [0.3, 0.4) is 0 Å². The van der Waals surface area contributed by atoms with Crippen molar-refractivity contribution in [1.82, 2.24) is 5.32 Å². The summed E-state index contributed by atoms with van der Waals surface area (Å²) in [5.41, 5.74) is 7.07. The largest absolute Gasteiger partial charge is 0.396 e. The van der Waals surface area contributed by atoms with E-state index in [-0.39, 0.29) is 17.8 Å². The molecule has 0 bridgehead atoms. The predicted octanol–water partition coefficient (Wildman–Crippen LogP) is 2.19. The van der Waals surface area contributed by atoms with E-state index < -0.39 is 6.23 Å². The van der Waals surface area contributed by atoms with E-state index in [1.54, 1.807) is 19.1 Å². The highest BCUT2D eigenvalue weighted by Crippen LogP contribution is 2.29. The number of ether oxygens (including phenoxy) is 1. The summed E-state index contributed by atoms with van der Waals surface area (Å²) >= 11 is 6.05. The van der Waals surface area contributed by atoms with E-state index in [9.17, 15) is 5.11 Å². The summed E-state index contributed by atoms with van der Waals surface area (Å²) in [7, 11) is 0. The van der Waals surface area contributed by atoms with Gasteiger partial charge in [0, 0.05) is 6.61 Å². The molecule has 6 heteroatoms. The van der Waals surface area contributed by atoms with E-state index in [0.29, 0.717) is 17.2 Å². The van der Waals surface area contributed by atoms with Crippen LogP contribution in [-0.2, 0) is 4.74 Å². The molecule has 3 atom stereocenters. The first-order chi connectivity index (χ1) is 9.40. The smallest absolute Gasteiger partial charge is 0.102 e. The fourth-order valence-electron chi connectivity index (χ4n) is 2.03. The molecule has 3 unspecified atom stereocenters. The highest BCUT2D eigenvalue weighted by atomic mass is 35.5. The van der Waals surface area contributed by atoms with Gasteiger partial charge < -0.3 is 15.6 Å². The Labute approximate surface area is 124 Å². The molecule has 0 spiro atoms. The quantitative estimate of drug-likeness (QED) is 0.553. The van der Waals surface area contributed by atoms with Crippen LogP contribution in [0.1, 0.15) is 37.9 Å². The highest BCUT2D eigenvalue weighted by molar-refractivity contribution is 6.33. The first-order valence-corrected chi connectivity index (χ1v) is 6.83. The number of anilines is 1. The first kappa shape index (κ1) is 16.7. The second-order valence-electron chi connectivity index (χ2n) is 4.56. The van der Waals surface area contributed by atoms with Gasteiger partial charge in [0.2, 0.25) is 0 Å². The summed E-state index contributed by atoms with van der Waals surface area (Å²) in [6, 6.07) is 5.07. The molecule has 0 saturated heterocycles. The third-order valence-electron chi connectivity index (χ3n) is 2.95. The number of nitrogens with two attached hydrogens (primary N) is 1. The second kappa shape index (κ2) is 7.46. The average Bonchev–Trinajstić information content (AvgIpc) is 2.39. The van der Waals surface area contributed by atoms with Crippen LogP contribution in [0.5, 0.6) is 0 Å². The number of benzene rings is 1. The standard InChI is InChI=1S/C14H20ClN3O2/c1-4-20-8(2)14(18-9(3)19)10-5-11(7-16)13(17)12(15)6-10/h5-6,8-9,14,18-19H,4,17H2,1-3H3. The molecule has 1 rings (SSSR count). The maximum atomic E-state index is 9.56. The van der Waals surface area contributed by atoms with E-state index in [1.807, 2.05) is 19.9 Å². The summed E-state index contributed by atoms with van der Waals surface area (Å²) in [6.45, 7) is 5.95. The van der Waals surface area contributed by atoms with Gasteiger partial charge in [0.1, 0.15) is 12.3 Å². The number of aliphatic hydroxyl groups is 1. The van der Waals surface area contributed by atoms with Crippen molar-refractivity contribution in [2.24, 2.45) is 0 Å². The number of hydrogen-bond donors (Lipinski definition) is 3. The molecule has 4 N–H and O–H groups in total. The summed E-state index contributed by atoms with van der Waals surface area (Å²) < 4.78 is 5.57. The summed E-state index contributed by atoms with van der Waals surface area (Å²) in [6.07, 6.45) is -0.911. The second-order valence-corrected chi connectivity index (χ2v) is 4.96. The number of nitrogen functional groups attached to an aromatic ring is 1. The van der Waals surface area contributed by atoms with E-state index in [2.05, 4.69) is 5.32 Å². The van der Waals surface area contributed by atoms with Crippen molar-refractivity contribution in [3.8, 4) is 6.07 Å². The van der Waals surface area contributed by atoms with Gasteiger partial charge in [0.25, 0.3) is 0 Å². The normalized spacial score (nSPS) is 15.4. The lowest BCUT2D eigenvalue weighted by Crippen LogP contribution is -2.37. The summed E-state index contributed by atoms with van der Waals surface area (Å²) in [5, 5.41) is 22.0. The fraction of sp³-hybridized carbons (Fsp3) is 0.500. The molecule has 0 aliphatic rings. The van der Waals surface area contributed by atoms with Gasteiger partial charge in [-0.1, -0.05) is 11.6 Å². The number of halogens is 1. The zero-order chi connectivity index (χ0) is 15.3. The molecule has 1 aromatic rings. The molecular formula is C14H20ClN3O2. The Kier molecular flexibility index (Phi) is 6.24. The van der Waals surface area contributed by atoms with Crippen LogP contribution in [0.15, 0.2) is 12.1 Å². The van der Waals surface area contributed by atoms with Gasteiger partial charge in [-0.3, -0.25) is 5.32 Å². The minimum Gasteiger partial charge on any atom is -0.396 e. The van der Waals surface area contributed by atoms with Crippen LogP contribution in [0.2, 0.25) is 5.02 Å². The Morgan fingerprint density at radius 3 is 2.65 bits per heavy atom. The number of nitrogens with one attached hydrogen (secondary N) is 1. The van der Waals surface area contributed by atoms with E-state index in [1.165, 1.54) is 0 Å². The average molecular weight is 298 g/mol. The zero-order valence-corrected chi connectivity index (χ0v) is 12.6. The number of aliphatic hydroxyl groups excluding tert-OH is 1. The maximum Gasteiger partial charge on any atom is 0.102 e. The SMILES string of the molecule is CCOC(C)C(NC(C)O)c1cc(Cl)c(N)c(C#N)c1. The molecule has 5 nitrogen and oxygen atoms in total. The molecule has 0 fully saturated rings. The molecular weight excluding hydrogens is 278 g/mol. The molecule has 110 valence electrons. The number of hydrogen-bond acceptors (Lipinski definition) is 5. The van der Waals surface area contributed by atoms with Crippen molar-refractivity contribution in [1.29, 1.82) is 5.26 Å². The Morgan fingerprint density at radius 2 is 2.15 bits per heavy atom. The van der Waals surface area contributed by atoms with Crippen LogP contribution in [-0.4, -0.2) is 24.0 Å². The Hall–Kier alpha value is -1.32. The van der Waals surface area contributed by atoms with Gasteiger partial charge in [-0.05, 0) is 38.5 Å². The molecule has 1 aromatic carbocycles. The molecule has 0 aliphatic carbocycles. The minimum absolute atomic E-state index is 0.194. The van der Waals surface area contributed by atoms with Crippen molar-refractivity contribution in [3.63, 3.8) is 0 Å². The van der Waals surface area contributed by atoms with E-state index in [4.69, 9.17) is 27.3 Å². The third-order valence-corrected chi connectivity index (χ3v) is 3.26. The lowest BCUT2D eigenvalue weighted by Gasteiger charge is -2.27. The molecule has 0 aliphatic heterocycles. The van der Waals surface area contributed by atoms with E-state index >= 15 is 0 Å². The lowest BCUT2D eigenvalue weighted by molar-refractivity contribution is 0.0253. The Balaban J connectivity index is 3.20. The van der Waals surface area contributed by atoms with Crippen LogP contribution >= 0.6 is 11.6 Å². The summed E-state index contributed by atoms with van der Waals surface area (Å²) in [4.78, 5) is 0. The monoisotopic (exact) mass is 297 g/mol. The minimum atomic E-state index is -0.718. The topological polar surface area (TPSA) is 91.3 Å². The van der Waals surface area contributed by atoms with Crippen molar-refractivity contribution in [2.75, 3.05) is 12.3 Å². The maximum absolute atomic E-state index is 9.56. The molecule has 0 aromatic heterocycles. The first-order valence-electron chi connectivity index (χ1n) is 6.45. The lowest BCUT2D eigenvalue weighted by atomic mass is 9.99.